The lowest BCUT2D eigenvalue weighted by Gasteiger charge is -2.38. The zero-order chi connectivity index (χ0) is 19.7. The molecule has 6 nitrogen and oxygen atoms in total. The highest BCUT2D eigenvalue weighted by Crippen LogP contribution is 2.47. The highest BCUT2D eigenvalue weighted by Gasteiger charge is 2.40. The molecular weight excluding hydrogens is 388 g/mol. The Labute approximate surface area is 165 Å². The maximum Gasteiger partial charge on any atom is 0.314 e. The number of aromatic nitrogens is 4. The maximum atomic E-state index is 12.9. The summed E-state index contributed by atoms with van der Waals surface area (Å²) in [6.45, 7) is 0. The SMILES string of the molecule is Nc1ncc(-c2nnc(C(F)F)o2)c(C2(c3ccc(Cl)cc3)CCCCC2)n1. The molecule has 0 unspecified atom stereocenters. The standard InChI is InChI=1S/C19H18ClF2N5O/c20-12-6-4-11(5-7-12)19(8-2-1-3-9-19)14-13(10-24-18(23)25-14)16-26-27-17(28-16)15(21)22/h4-7,10,15H,1-3,8-9H2,(H2,23,24,25). The Morgan fingerprint density at radius 1 is 1.07 bits per heavy atom. The first-order valence-corrected chi connectivity index (χ1v) is 9.38. The Morgan fingerprint density at radius 3 is 2.43 bits per heavy atom. The van der Waals surface area contributed by atoms with Gasteiger partial charge >= 0.3 is 6.43 Å². The van der Waals surface area contributed by atoms with Crippen LogP contribution in [0.15, 0.2) is 34.9 Å². The van der Waals surface area contributed by atoms with E-state index in [9.17, 15) is 8.78 Å². The van der Waals surface area contributed by atoms with Gasteiger partial charge in [0.05, 0.1) is 11.3 Å². The summed E-state index contributed by atoms with van der Waals surface area (Å²) in [5.41, 5.74) is 7.50. The molecule has 0 atom stereocenters. The van der Waals surface area contributed by atoms with Crippen LogP contribution in [0.4, 0.5) is 14.7 Å². The normalized spacial score (nSPS) is 16.4. The van der Waals surface area contributed by atoms with Gasteiger partial charge in [-0.15, -0.1) is 10.2 Å². The second-order valence-corrected chi connectivity index (χ2v) is 7.32. The summed E-state index contributed by atoms with van der Waals surface area (Å²) >= 11 is 6.08. The highest BCUT2D eigenvalue weighted by molar-refractivity contribution is 6.30. The van der Waals surface area contributed by atoms with Crippen LogP contribution < -0.4 is 5.73 Å². The molecule has 0 aliphatic heterocycles. The van der Waals surface area contributed by atoms with Gasteiger partial charge in [0.2, 0.25) is 5.95 Å². The summed E-state index contributed by atoms with van der Waals surface area (Å²) in [5.74, 6) is -0.669. The van der Waals surface area contributed by atoms with E-state index in [-0.39, 0.29) is 11.8 Å². The average Bonchev–Trinajstić information content (AvgIpc) is 3.19. The van der Waals surface area contributed by atoms with E-state index in [2.05, 4.69) is 20.2 Å². The molecule has 146 valence electrons. The summed E-state index contributed by atoms with van der Waals surface area (Å²) in [6.07, 6.45) is 3.38. The Balaban J connectivity index is 1.91. The summed E-state index contributed by atoms with van der Waals surface area (Å²) in [4.78, 5) is 8.55. The van der Waals surface area contributed by atoms with Crippen LogP contribution in [0, 0.1) is 0 Å². The van der Waals surface area contributed by atoms with Crippen molar-refractivity contribution in [1.29, 1.82) is 0 Å². The largest absolute Gasteiger partial charge is 0.415 e. The van der Waals surface area contributed by atoms with Crippen LogP contribution in [0.2, 0.25) is 5.02 Å². The number of nitrogen functional groups attached to an aromatic ring is 1. The molecule has 1 fully saturated rings. The summed E-state index contributed by atoms with van der Waals surface area (Å²) in [5, 5.41) is 7.86. The van der Waals surface area contributed by atoms with E-state index in [1.807, 2.05) is 24.3 Å². The number of hydrogen-bond acceptors (Lipinski definition) is 6. The van der Waals surface area contributed by atoms with Crippen molar-refractivity contribution in [3.63, 3.8) is 0 Å². The van der Waals surface area contributed by atoms with Crippen molar-refractivity contribution >= 4 is 17.5 Å². The van der Waals surface area contributed by atoms with E-state index in [1.165, 1.54) is 6.20 Å². The molecule has 0 bridgehead atoms. The Kier molecular flexibility index (Phi) is 4.97. The zero-order valence-corrected chi connectivity index (χ0v) is 15.7. The fourth-order valence-electron chi connectivity index (χ4n) is 3.93. The van der Waals surface area contributed by atoms with Gasteiger partial charge in [-0.2, -0.15) is 8.78 Å². The molecule has 0 saturated heterocycles. The highest BCUT2D eigenvalue weighted by atomic mass is 35.5. The molecule has 3 aromatic rings. The van der Waals surface area contributed by atoms with Gasteiger partial charge in [-0.1, -0.05) is 43.0 Å². The van der Waals surface area contributed by atoms with Crippen molar-refractivity contribution < 1.29 is 13.2 Å². The predicted octanol–water partition coefficient (Wildman–Crippen LogP) is 4.95. The smallest absolute Gasteiger partial charge is 0.314 e. The van der Waals surface area contributed by atoms with E-state index in [0.29, 0.717) is 16.3 Å². The topological polar surface area (TPSA) is 90.7 Å². The van der Waals surface area contributed by atoms with Crippen LogP contribution in [-0.2, 0) is 5.41 Å². The number of hydrogen-bond donors (Lipinski definition) is 1. The Bertz CT molecular complexity index is 971. The molecular formula is C19H18ClF2N5O. The molecule has 0 radical (unpaired) electrons. The van der Waals surface area contributed by atoms with Crippen LogP contribution in [0.25, 0.3) is 11.5 Å². The number of halogens is 3. The van der Waals surface area contributed by atoms with Gasteiger partial charge in [-0.05, 0) is 30.5 Å². The third kappa shape index (κ3) is 3.32. The van der Waals surface area contributed by atoms with E-state index in [0.717, 1.165) is 37.7 Å². The van der Waals surface area contributed by atoms with Crippen molar-refractivity contribution in [2.75, 3.05) is 5.73 Å². The quantitative estimate of drug-likeness (QED) is 0.660. The van der Waals surface area contributed by atoms with Gasteiger partial charge in [0, 0.05) is 16.6 Å². The van der Waals surface area contributed by atoms with Crippen LogP contribution >= 0.6 is 11.6 Å². The number of nitrogens with zero attached hydrogens (tertiary/aromatic N) is 4. The van der Waals surface area contributed by atoms with E-state index >= 15 is 0 Å². The van der Waals surface area contributed by atoms with Crippen LogP contribution in [0.1, 0.15) is 55.7 Å². The molecule has 4 rings (SSSR count). The van der Waals surface area contributed by atoms with Crippen molar-refractivity contribution in [3.8, 4) is 11.5 Å². The number of rotatable bonds is 4. The average molecular weight is 406 g/mol. The van der Waals surface area contributed by atoms with Crippen LogP contribution in [0.3, 0.4) is 0 Å². The molecule has 1 saturated carbocycles. The number of anilines is 1. The molecule has 2 heterocycles. The van der Waals surface area contributed by atoms with E-state index in [1.54, 1.807) is 0 Å². The number of nitrogens with two attached hydrogens (primary N) is 1. The molecule has 0 spiro atoms. The molecule has 1 aromatic carbocycles. The summed E-state index contributed by atoms with van der Waals surface area (Å²) in [6, 6.07) is 7.60. The summed E-state index contributed by atoms with van der Waals surface area (Å²) < 4.78 is 31.1. The fraction of sp³-hybridized carbons (Fsp3) is 0.368. The van der Waals surface area contributed by atoms with Gasteiger partial charge in [-0.3, -0.25) is 0 Å². The monoisotopic (exact) mass is 405 g/mol. The van der Waals surface area contributed by atoms with Gasteiger partial charge in [0.1, 0.15) is 0 Å². The predicted molar refractivity (Wildman–Crippen MR) is 100 cm³/mol. The van der Waals surface area contributed by atoms with Crippen molar-refractivity contribution in [2.45, 2.75) is 43.9 Å². The molecule has 2 aromatic heterocycles. The lowest BCUT2D eigenvalue weighted by molar-refractivity contribution is 0.116. The Hall–Kier alpha value is -2.61. The first kappa shape index (κ1) is 18.7. The second kappa shape index (κ2) is 7.43. The first-order chi connectivity index (χ1) is 13.5. The van der Waals surface area contributed by atoms with Crippen molar-refractivity contribution in [3.05, 3.63) is 52.6 Å². The third-order valence-corrected chi connectivity index (χ3v) is 5.47. The number of benzene rings is 1. The first-order valence-electron chi connectivity index (χ1n) is 9.00. The fourth-order valence-corrected chi connectivity index (χ4v) is 4.06. The molecule has 0 amide bonds. The second-order valence-electron chi connectivity index (χ2n) is 6.89. The zero-order valence-electron chi connectivity index (χ0n) is 14.9. The minimum Gasteiger partial charge on any atom is -0.415 e. The van der Waals surface area contributed by atoms with E-state index in [4.69, 9.17) is 21.8 Å². The van der Waals surface area contributed by atoms with Gasteiger partial charge < -0.3 is 10.2 Å². The molecule has 2 N–H and O–H groups in total. The maximum absolute atomic E-state index is 12.9. The van der Waals surface area contributed by atoms with Crippen molar-refractivity contribution in [2.24, 2.45) is 0 Å². The molecule has 1 aliphatic carbocycles. The van der Waals surface area contributed by atoms with Gasteiger partial charge in [0.15, 0.2) is 0 Å². The van der Waals surface area contributed by atoms with Crippen molar-refractivity contribution in [1.82, 2.24) is 20.2 Å². The lowest BCUT2D eigenvalue weighted by atomic mass is 9.66. The minimum absolute atomic E-state index is 0.0378. The Morgan fingerprint density at radius 2 is 1.79 bits per heavy atom. The molecule has 28 heavy (non-hydrogen) atoms. The van der Waals surface area contributed by atoms with Crippen LogP contribution in [0.5, 0.6) is 0 Å². The van der Waals surface area contributed by atoms with E-state index < -0.39 is 17.7 Å². The van der Waals surface area contributed by atoms with Gasteiger partial charge in [0.25, 0.3) is 11.8 Å². The minimum atomic E-state index is -2.85. The third-order valence-electron chi connectivity index (χ3n) is 5.22. The molecule has 9 heteroatoms. The number of alkyl halides is 2. The summed E-state index contributed by atoms with van der Waals surface area (Å²) in [7, 11) is 0. The lowest BCUT2D eigenvalue weighted by Crippen LogP contribution is -2.32. The van der Waals surface area contributed by atoms with Crippen LogP contribution in [-0.4, -0.2) is 20.2 Å². The van der Waals surface area contributed by atoms with Gasteiger partial charge in [-0.25, -0.2) is 9.97 Å². The molecule has 1 aliphatic rings.